The third-order valence-corrected chi connectivity index (χ3v) is 6.60. The zero-order valence-electron chi connectivity index (χ0n) is 16.1. The Kier molecular flexibility index (Phi) is 4.70. The molecule has 7 nitrogen and oxygen atoms in total. The van der Waals surface area contributed by atoms with Crippen LogP contribution in [-0.4, -0.2) is 47.3 Å². The highest BCUT2D eigenvalue weighted by Crippen LogP contribution is 2.47. The van der Waals surface area contributed by atoms with Gasteiger partial charge in [-0.3, -0.25) is 4.79 Å². The monoisotopic (exact) mass is 385 g/mol. The lowest BCUT2D eigenvalue weighted by molar-refractivity contribution is 0.0614. The van der Waals surface area contributed by atoms with Gasteiger partial charge in [-0.2, -0.15) is 4.98 Å². The lowest BCUT2D eigenvalue weighted by Gasteiger charge is -2.39. The number of carbonyl (C=O) groups excluding carboxylic acids is 1. The molecule has 5 rings (SSSR count). The summed E-state index contributed by atoms with van der Waals surface area (Å²) >= 11 is 0. The summed E-state index contributed by atoms with van der Waals surface area (Å²) in [7, 11) is 0. The van der Waals surface area contributed by atoms with Crippen LogP contribution in [0.15, 0.2) is 27.3 Å². The molecule has 0 spiro atoms. The predicted octanol–water partition coefficient (Wildman–Crippen LogP) is 3.53. The third-order valence-electron chi connectivity index (χ3n) is 6.60. The van der Waals surface area contributed by atoms with E-state index in [1.807, 2.05) is 4.90 Å². The highest BCUT2D eigenvalue weighted by atomic mass is 16.5. The molecule has 0 radical (unpaired) electrons. The second kappa shape index (κ2) is 7.35. The van der Waals surface area contributed by atoms with Gasteiger partial charge in [0, 0.05) is 37.6 Å². The fraction of sp³-hybridized carbons (Fsp3) is 0.667. The molecular formula is C21H27N3O4. The van der Waals surface area contributed by atoms with E-state index in [0.29, 0.717) is 24.8 Å². The molecule has 0 N–H and O–H groups in total. The first-order valence-corrected chi connectivity index (χ1v) is 10.5. The summed E-state index contributed by atoms with van der Waals surface area (Å²) in [4.78, 5) is 19.4. The SMILES string of the molecule is O=C(c1ccco1)N1CCC(CC2CC2)(c2noc(C3CCOCC3)n2)CC1. The van der Waals surface area contributed by atoms with Crippen LogP contribution in [0.5, 0.6) is 0 Å². The van der Waals surface area contributed by atoms with Crippen LogP contribution < -0.4 is 0 Å². The molecule has 28 heavy (non-hydrogen) atoms. The van der Waals surface area contributed by atoms with Gasteiger partial charge in [-0.25, -0.2) is 0 Å². The number of hydrogen-bond donors (Lipinski definition) is 0. The van der Waals surface area contributed by atoms with Crippen molar-refractivity contribution in [3.63, 3.8) is 0 Å². The van der Waals surface area contributed by atoms with Crippen molar-refractivity contribution in [3.05, 3.63) is 35.9 Å². The van der Waals surface area contributed by atoms with E-state index in [0.717, 1.165) is 63.0 Å². The first-order valence-electron chi connectivity index (χ1n) is 10.5. The van der Waals surface area contributed by atoms with Crippen LogP contribution in [0, 0.1) is 5.92 Å². The number of amides is 1. The Morgan fingerprint density at radius 3 is 2.64 bits per heavy atom. The van der Waals surface area contributed by atoms with Crippen LogP contribution in [0.2, 0.25) is 0 Å². The maximum absolute atomic E-state index is 12.6. The number of aromatic nitrogens is 2. The topological polar surface area (TPSA) is 81.6 Å². The molecule has 2 aromatic heterocycles. The molecule has 0 atom stereocenters. The molecule has 1 aliphatic carbocycles. The minimum atomic E-state index is -0.0754. The molecule has 0 unspecified atom stereocenters. The minimum absolute atomic E-state index is 0.0268. The smallest absolute Gasteiger partial charge is 0.289 e. The number of carbonyl (C=O) groups is 1. The van der Waals surface area contributed by atoms with E-state index in [1.165, 1.54) is 12.8 Å². The third kappa shape index (κ3) is 3.48. The number of likely N-dealkylation sites (tertiary alicyclic amines) is 1. The van der Waals surface area contributed by atoms with Gasteiger partial charge in [-0.15, -0.1) is 0 Å². The average molecular weight is 385 g/mol. The van der Waals surface area contributed by atoms with Gasteiger partial charge in [-0.1, -0.05) is 18.0 Å². The van der Waals surface area contributed by atoms with Gasteiger partial charge in [0.25, 0.3) is 5.91 Å². The zero-order chi connectivity index (χ0) is 19.0. The molecule has 3 aliphatic rings. The van der Waals surface area contributed by atoms with Gasteiger partial charge in [0.05, 0.1) is 6.26 Å². The Morgan fingerprint density at radius 2 is 1.96 bits per heavy atom. The molecule has 0 bridgehead atoms. The van der Waals surface area contributed by atoms with Crippen LogP contribution in [0.4, 0.5) is 0 Å². The number of ether oxygens (including phenoxy) is 1. The molecule has 1 amide bonds. The van der Waals surface area contributed by atoms with Gasteiger partial charge in [0.2, 0.25) is 5.89 Å². The molecular weight excluding hydrogens is 358 g/mol. The van der Waals surface area contributed by atoms with E-state index in [1.54, 1.807) is 18.4 Å². The van der Waals surface area contributed by atoms with E-state index in [9.17, 15) is 4.79 Å². The Morgan fingerprint density at radius 1 is 1.18 bits per heavy atom. The number of hydrogen-bond acceptors (Lipinski definition) is 6. The fourth-order valence-electron chi connectivity index (χ4n) is 4.65. The number of rotatable bonds is 5. The van der Waals surface area contributed by atoms with Crippen molar-refractivity contribution >= 4 is 5.91 Å². The summed E-state index contributed by atoms with van der Waals surface area (Å²) in [5, 5.41) is 4.44. The predicted molar refractivity (Wildman–Crippen MR) is 100.0 cm³/mol. The van der Waals surface area contributed by atoms with Gasteiger partial charge in [0.15, 0.2) is 11.6 Å². The molecule has 2 aliphatic heterocycles. The Balaban J connectivity index is 1.33. The molecule has 4 heterocycles. The Labute approximate surface area is 164 Å². The van der Waals surface area contributed by atoms with Crippen LogP contribution in [0.25, 0.3) is 0 Å². The normalized spacial score (nSPS) is 23.1. The minimum Gasteiger partial charge on any atom is -0.459 e. The summed E-state index contributed by atoms with van der Waals surface area (Å²) in [6.07, 6.45) is 8.88. The quantitative estimate of drug-likeness (QED) is 0.783. The summed E-state index contributed by atoms with van der Waals surface area (Å²) in [6.45, 7) is 2.93. The fourth-order valence-corrected chi connectivity index (χ4v) is 4.65. The maximum atomic E-state index is 12.6. The molecule has 2 saturated heterocycles. The Hall–Kier alpha value is -2.15. The Bertz CT molecular complexity index is 797. The van der Waals surface area contributed by atoms with E-state index in [4.69, 9.17) is 18.7 Å². The van der Waals surface area contributed by atoms with Crippen LogP contribution in [-0.2, 0) is 10.2 Å². The van der Waals surface area contributed by atoms with Crippen molar-refractivity contribution in [3.8, 4) is 0 Å². The van der Waals surface area contributed by atoms with Gasteiger partial charge in [-0.05, 0) is 50.2 Å². The van der Waals surface area contributed by atoms with E-state index < -0.39 is 0 Å². The molecule has 3 fully saturated rings. The molecule has 7 heteroatoms. The number of furan rings is 1. The highest BCUT2D eigenvalue weighted by Gasteiger charge is 2.45. The van der Waals surface area contributed by atoms with Crippen molar-refractivity contribution in [1.29, 1.82) is 0 Å². The standard InChI is InChI=1S/C21H27N3O4/c25-19(17-2-1-11-27-17)24-9-7-21(8-10-24,14-15-3-4-15)20-22-18(28-23-20)16-5-12-26-13-6-16/h1-2,11,15-16H,3-10,12-14H2. The van der Waals surface area contributed by atoms with E-state index >= 15 is 0 Å². The van der Waals surface area contributed by atoms with E-state index in [-0.39, 0.29) is 11.3 Å². The highest BCUT2D eigenvalue weighted by molar-refractivity contribution is 5.91. The summed E-state index contributed by atoms with van der Waals surface area (Å²) in [5.41, 5.74) is -0.0754. The summed E-state index contributed by atoms with van der Waals surface area (Å²) in [5.74, 6) is 3.08. The van der Waals surface area contributed by atoms with Gasteiger partial charge >= 0.3 is 0 Å². The van der Waals surface area contributed by atoms with Gasteiger partial charge < -0.3 is 18.6 Å². The zero-order valence-corrected chi connectivity index (χ0v) is 16.1. The summed E-state index contributed by atoms with van der Waals surface area (Å²) in [6, 6.07) is 3.49. The number of piperidine rings is 1. The van der Waals surface area contributed by atoms with E-state index in [2.05, 4.69) is 5.16 Å². The second-order valence-corrected chi connectivity index (χ2v) is 8.54. The molecule has 0 aromatic carbocycles. The molecule has 150 valence electrons. The molecule has 2 aromatic rings. The van der Waals surface area contributed by atoms with Crippen LogP contribution >= 0.6 is 0 Å². The van der Waals surface area contributed by atoms with Crippen LogP contribution in [0.3, 0.4) is 0 Å². The van der Waals surface area contributed by atoms with Crippen molar-refractivity contribution in [2.75, 3.05) is 26.3 Å². The lowest BCUT2D eigenvalue weighted by atomic mass is 9.73. The largest absolute Gasteiger partial charge is 0.459 e. The van der Waals surface area contributed by atoms with Crippen molar-refractivity contribution in [2.45, 2.75) is 56.3 Å². The summed E-state index contributed by atoms with van der Waals surface area (Å²) < 4.78 is 16.4. The lowest BCUT2D eigenvalue weighted by Crippen LogP contribution is -2.46. The van der Waals surface area contributed by atoms with Crippen LogP contribution in [0.1, 0.15) is 73.1 Å². The van der Waals surface area contributed by atoms with Crippen molar-refractivity contribution < 1.29 is 18.5 Å². The first-order chi connectivity index (χ1) is 13.7. The van der Waals surface area contributed by atoms with Gasteiger partial charge in [0.1, 0.15) is 0 Å². The average Bonchev–Trinajstić information content (AvgIpc) is 3.21. The van der Waals surface area contributed by atoms with Crippen molar-refractivity contribution in [2.24, 2.45) is 5.92 Å². The maximum Gasteiger partial charge on any atom is 0.289 e. The molecule has 1 saturated carbocycles. The number of nitrogens with zero attached hydrogens (tertiary/aromatic N) is 3. The first kappa shape index (κ1) is 17.9. The second-order valence-electron chi connectivity index (χ2n) is 8.54. The van der Waals surface area contributed by atoms with Crippen molar-refractivity contribution in [1.82, 2.24) is 15.0 Å².